The number of halogens is 2. The molecule has 1 unspecified atom stereocenters. The topological polar surface area (TPSA) is 51.2 Å². The molecule has 0 fully saturated rings. The van der Waals surface area contributed by atoms with Crippen LogP contribution in [0.4, 0.5) is 8.78 Å². The van der Waals surface area contributed by atoms with E-state index in [9.17, 15) is 8.78 Å². The van der Waals surface area contributed by atoms with Crippen LogP contribution in [0.1, 0.15) is 34.3 Å². The van der Waals surface area contributed by atoms with E-state index >= 15 is 0 Å². The van der Waals surface area contributed by atoms with Crippen LogP contribution in [0.5, 0.6) is 0 Å². The number of aryl methyl sites for hydroxylation is 2. The number of nitrogens with one attached hydrogen (secondary N) is 1. The van der Waals surface area contributed by atoms with Gasteiger partial charge in [-0.3, -0.25) is 11.3 Å². The van der Waals surface area contributed by atoms with E-state index in [2.05, 4.69) is 5.43 Å². The minimum atomic E-state index is -0.569. The average molecular weight is 280 g/mol. The van der Waals surface area contributed by atoms with Gasteiger partial charge in [-0.05, 0) is 44.9 Å². The van der Waals surface area contributed by atoms with Gasteiger partial charge in [-0.25, -0.2) is 8.78 Å². The number of hydrogen-bond acceptors (Lipinski definition) is 3. The molecule has 3 nitrogen and oxygen atoms in total. The molecule has 0 aliphatic rings. The Labute approximate surface area is 116 Å². The second-order valence-corrected chi connectivity index (χ2v) is 4.88. The molecule has 0 spiro atoms. The molecule has 1 heterocycles. The molecule has 1 aromatic carbocycles. The molecule has 108 valence electrons. The molecule has 0 saturated carbocycles. The summed E-state index contributed by atoms with van der Waals surface area (Å²) in [6, 6.07) is 3.43. The monoisotopic (exact) mass is 280 g/mol. The molecule has 0 aliphatic heterocycles. The number of hydrogen-bond donors (Lipinski definition) is 2. The molecule has 3 N–H and O–H groups in total. The Morgan fingerprint density at radius 2 is 1.75 bits per heavy atom. The second-order valence-electron chi connectivity index (χ2n) is 4.88. The fourth-order valence-corrected chi connectivity index (χ4v) is 2.50. The first kappa shape index (κ1) is 14.7. The molecule has 5 heteroatoms. The van der Waals surface area contributed by atoms with Crippen LogP contribution in [0.25, 0.3) is 0 Å². The molecule has 0 amide bonds. The fourth-order valence-electron chi connectivity index (χ4n) is 2.50. The standard InChI is InChI=1S/C15H18F2N2O/c1-8-9(2)20-10(3)15(8)14(19-18)7-11-12(16)5-4-6-13(11)17/h4-6,14,19H,7,18H2,1-3H3. The van der Waals surface area contributed by atoms with Crippen LogP contribution in [0, 0.1) is 32.4 Å². The van der Waals surface area contributed by atoms with Gasteiger partial charge >= 0.3 is 0 Å². The lowest BCUT2D eigenvalue weighted by atomic mass is 9.96. The van der Waals surface area contributed by atoms with E-state index < -0.39 is 17.7 Å². The largest absolute Gasteiger partial charge is 0.466 e. The third-order valence-electron chi connectivity index (χ3n) is 3.64. The second kappa shape index (κ2) is 5.73. The van der Waals surface area contributed by atoms with Crippen LogP contribution < -0.4 is 11.3 Å². The van der Waals surface area contributed by atoms with Crippen molar-refractivity contribution >= 4 is 0 Å². The average Bonchev–Trinajstić information content (AvgIpc) is 2.64. The summed E-state index contributed by atoms with van der Waals surface area (Å²) < 4.78 is 33.0. The lowest BCUT2D eigenvalue weighted by molar-refractivity contribution is 0.473. The fraction of sp³-hybridized carbons (Fsp3) is 0.333. The van der Waals surface area contributed by atoms with Gasteiger partial charge in [0.05, 0.1) is 6.04 Å². The Bertz CT molecular complexity index is 602. The number of benzene rings is 1. The number of hydrazine groups is 1. The molecule has 1 aromatic heterocycles. The minimum Gasteiger partial charge on any atom is -0.466 e. The highest BCUT2D eigenvalue weighted by molar-refractivity contribution is 5.36. The van der Waals surface area contributed by atoms with E-state index in [-0.39, 0.29) is 12.0 Å². The van der Waals surface area contributed by atoms with Crippen molar-refractivity contribution in [3.05, 3.63) is 58.0 Å². The van der Waals surface area contributed by atoms with Gasteiger partial charge in [0.25, 0.3) is 0 Å². The Balaban J connectivity index is 2.39. The van der Waals surface area contributed by atoms with Crippen LogP contribution >= 0.6 is 0 Å². The van der Waals surface area contributed by atoms with E-state index in [1.807, 2.05) is 20.8 Å². The van der Waals surface area contributed by atoms with E-state index in [1.165, 1.54) is 18.2 Å². The summed E-state index contributed by atoms with van der Waals surface area (Å²) in [5.41, 5.74) is 4.45. The van der Waals surface area contributed by atoms with Crippen molar-refractivity contribution in [2.45, 2.75) is 33.2 Å². The smallest absolute Gasteiger partial charge is 0.129 e. The van der Waals surface area contributed by atoms with Gasteiger partial charge in [0.15, 0.2) is 0 Å². The zero-order valence-electron chi connectivity index (χ0n) is 11.8. The van der Waals surface area contributed by atoms with E-state index in [0.717, 1.165) is 16.9 Å². The number of nitrogens with two attached hydrogens (primary N) is 1. The predicted octanol–water partition coefficient (Wildman–Crippen LogP) is 3.23. The molecule has 0 aliphatic carbocycles. The summed E-state index contributed by atoms with van der Waals surface area (Å²) in [6.45, 7) is 5.57. The molecule has 1 atom stereocenters. The minimum absolute atomic E-state index is 0.0214. The van der Waals surface area contributed by atoms with Gasteiger partial charge in [-0.1, -0.05) is 6.07 Å². The summed E-state index contributed by atoms with van der Waals surface area (Å²) >= 11 is 0. The van der Waals surface area contributed by atoms with Gasteiger partial charge in [0.1, 0.15) is 23.2 Å². The summed E-state index contributed by atoms with van der Waals surface area (Å²) in [5, 5.41) is 0. The zero-order valence-corrected chi connectivity index (χ0v) is 11.8. The van der Waals surface area contributed by atoms with Gasteiger partial charge in [-0.15, -0.1) is 0 Å². The molecular weight excluding hydrogens is 262 g/mol. The molecule has 0 saturated heterocycles. The molecule has 20 heavy (non-hydrogen) atoms. The third kappa shape index (κ3) is 2.59. The molecule has 2 aromatic rings. The van der Waals surface area contributed by atoms with Gasteiger partial charge < -0.3 is 4.42 Å². The number of rotatable bonds is 4. The van der Waals surface area contributed by atoms with Crippen molar-refractivity contribution in [1.82, 2.24) is 5.43 Å². The van der Waals surface area contributed by atoms with E-state index in [0.29, 0.717) is 5.76 Å². The van der Waals surface area contributed by atoms with Gasteiger partial charge in [-0.2, -0.15) is 0 Å². The Hall–Kier alpha value is -1.72. The normalized spacial score (nSPS) is 12.7. The lowest BCUT2D eigenvalue weighted by Crippen LogP contribution is -2.30. The van der Waals surface area contributed by atoms with Gasteiger partial charge in [0, 0.05) is 11.1 Å². The quantitative estimate of drug-likeness (QED) is 0.668. The molecule has 0 bridgehead atoms. The van der Waals surface area contributed by atoms with Crippen LogP contribution in [-0.2, 0) is 6.42 Å². The zero-order chi connectivity index (χ0) is 14.9. The molecule has 2 rings (SSSR count). The van der Waals surface area contributed by atoms with Gasteiger partial charge in [0.2, 0.25) is 0 Å². The first-order chi connectivity index (χ1) is 9.45. The summed E-state index contributed by atoms with van der Waals surface area (Å²) in [6.07, 6.45) is 0.121. The van der Waals surface area contributed by atoms with Crippen LogP contribution in [0.2, 0.25) is 0 Å². The summed E-state index contributed by atoms with van der Waals surface area (Å²) in [7, 11) is 0. The lowest BCUT2D eigenvalue weighted by Gasteiger charge is -2.17. The van der Waals surface area contributed by atoms with Crippen molar-refractivity contribution in [2.24, 2.45) is 5.84 Å². The Morgan fingerprint density at radius 1 is 1.15 bits per heavy atom. The third-order valence-corrected chi connectivity index (χ3v) is 3.64. The Morgan fingerprint density at radius 3 is 2.20 bits per heavy atom. The highest BCUT2D eigenvalue weighted by Crippen LogP contribution is 2.30. The highest BCUT2D eigenvalue weighted by Gasteiger charge is 2.23. The first-order valence-electron chi connectivity index (χ1n) is 6.41. The highest BCUT2D eigenvalue weighted by atomic mass is 19.1. The van der Waals surface area contributed by atoms with Crippen LogP contribution in [0.15, 0.2) is 22.6 Å². The first-order valence-corrected chi connectivity index (χ1v) is 6.41. The van der Waals surface area contributed by atoms with Crippen molar-refractivity contribution in [1.29, 1.82) is 0 Å². The summed E-state index contributed by atoms with van der Waals surface area (Å²) in [4.78, 5) is 0. The maximum atomic E-state index is 13.7. The molecular formula is C15H18F2N2O. The molecule has 0 radical (unpaired) electrons. The van der Waals surface area contributed by atoms with Crippen LogP contribution in [-0.4, -0.2) is 0 Å². The van der Waals surface area contributed by atoms with Crippen molar-refractivity contribution < 1.29 is 13.2 Å². The van der Waals surface area contributed by atoms with E-state index in [4.69, 9.17) is 10.3 Å². The number of furan rings is 1. The SMILES string of the molecule is Cc1oc(C)c(C(Cc2c(F)cccc2F)NN)c1C. The predicted molar refractivity (Wildman–Crippen MR) is 73.0 cm³/mol. The van der Waals surface area contributed by atoms with Crippen molar-refractivity contribution in [3.63, 3.8) is 0 Å². The van der Waals surface area contributed by atoms with Crippen molar-refractivity contribution in [2.75, 3.05) is 0 Å². The summed E-state index contributed by atoms with van der Waals surface area (Å²) in [5.74, 6) is 5.92. The Kier molecular flexibility index (Phi) is 4.20. The van der Waals surface area contributed by atoms with Crippen molar-refractivity contribution in [3.8, 4) is 0 Å². The maximum Gasteiger partial charge on any atom is 0.129 e. The maximum absolute atomic E-state index is 13.7. The van der Waals surface area contributed by atoms with Crippen LogP contribution in [0.3, 0.4) is 0 Å². The van der Waals surface area contributed by atoms with E-state index in [1.54, 1.807) is 0 Å².